The van der Waals surface area contributed by atoms with E-state index < -0.39 is 17.9 Å². The van der Waals surface area contributed by atoms with Crippen LogP contribution in [0.2, 0.25) is 0 Å². The van der Waals surface area contributed by atoms with Gasteiger partial charge in [0.25, 0.3) is 5.91 Å². The highest BCUT2D eigenvalue weighted by atomic mass is 16.4. The number of carboxylic acid groups (broad SMARTS) is 1. The van der Waals surface area contributed by atoms with Gasteiger partial charge >= 0.3 is 5.97 Å². The first-order valence-electron chi connectivity index (χ1n) is 8.39. The zero-order chi connectivity index (χ0) is 18.7. The van der Waals surface area contributed by atoms with Crippen molar-refractivity contribution in [2.24, 2.45) is 5.92 Å². The molecule has 1 aromatic heterocycles. The summed E-state index contributed by atoms with van der Waals surface area (Å²) in [7, 11) is 0. The monoisotopic (exact) mass is 356 g/mol. The van der Waals surface area contributed by atoms with Crippen molar-refractivity contribution in [1.29, 1.82) is 0 Å². The van der Waals surface area contributed by atoms with Gasteiger partial charge in [0.1, 0.15) is 6.04 Å². The third kappa shape index (κ3) is 3.61. The van der Waals surface area contributed by atoms with Gasteiger partial charge in [-0.05, 0) is 23.3 Å². The molecule has 0 spiro atoms. The van der Waals surface area contributed by atoms with Crippen molar-refractivity contribution in [3.63, 3.8) is 0 Å². The normalized spacial score (nSPS) is 17.3. The molecule has 2 unspecified atom stereocenters. The van der Waals surface area contributed by atoms with E-state index in [2.05, 4.69) is 5.32 Å². The largest absolute Gasteiger partial charge is 0.481 e. The van der Waals surface area contributed by atoms with Crippen molar-refractivity contribution in [2.45, 2.75) is 25.9 Å². The smallest absolute Gasteiger partial charge is 0.308 e. The summed E-state index contributed by atoms with van der Waals surface area (Å²) in [6.45, 7) is 1.82. The van der Waals surface area contributed by atoms with Crippen LogP contribution in [0.1, 0.15) is 28.6 Å². The number of carbonyl (C=O) groups is 3. The fourth-order valence-corrected chi connectivity index (χ4v) is 2.97. The summed E-state index contributed by atoms with van der Waals surface area (Å²) in [5.41, 5.74) is 1.98. The maximum absolute atomic E-state index is 12.8. The van der Waals surface area contributed by atoms with E-state index >= 15 is 0 Å². The SMILES string of the molecule is CC(CNC(=O)C1Cc2ccccc2CN1C(=O)c1ccco1)C(=O)O. The summed E-state index contributed by atoms with van der Waals surface area (Å²) in [5.74, 6) is -2.25. The molecule has 0 saturated carbocycles. The van der Waals surface area contributed by atoms with E-state index in [1.165, 1.54) is 18.1 Å². The van der Waals surface area contributed by atoms with Crippen LogP contribution in [-0.4, -0.2) is 40.4 Å². The highest BCUT2D eigenvalue weighted by Gasteiger charge is 2.36. The van der Waals surface area contributed by atoms with E-state index in [0.717, 1.165) is 11.1 Å². The number of carbonyl (C=O) groups excluding carboxylic acids is 2. The van der Waals surface area contributed by atoms with E-state index in [0.29, 0.717) is 13.0 Å². The van der Waals surface area contributed by atoms with Crippen molar-refractivity contribution >= 4 is 17.8 Å². The second kappa shape index (κ2) is 7.43. The van der Waals surface area contributed by atoms with Gasteiger partial charge in [-0.3, -0.25) is 14.4 Å². The summed E-state index contributed by atoms with van der Waals surface area (Å²) in [5, 5.41) is 11.6. The predicted octanol–water partition coefficient (Wildman–Crippen LogP) is 1.68. The van der Waals surface area contributed by atoms with Crippen molar-refractivity contribution in [3.05, 3.63) is 59.5 Å². The van der Waals surface area contributed by atoms with Gasteiger partial charge in [-0.1, -0.05) is 31.2 Å². The standard InChI is InChI=1S/C19H20N2O5/c1-12(19(24)25)10-20-17(22)15-9-13-5-2-3-6-14(13)11-21(15)18(23)16-7-4-8-26-16/h2-8,12,15H,9-11H2,1H3,(H,20,22)(H,24,25). The van der Waals surface area contributed by atoms with Gasteiger partial charge in [0.05, 0.1) is 12.2 Å². The molecule has 7 nitrogen and oxygen atoms in total. The summed E-state index contributed by atoms with van der Waals surface area (Å²) in [6.07, 6.45) is 1.78. The Hall–Kier alpha value is -3.09. The number of nitrogens with one attached hydrogen (secondary N) is 1. The number of furan rings is 1. The predicted molar refractivity (Wildman–Crippen MR) is 92.3 cm³/mol. The topological polar surface area (TPSA) is 99.9 Å². The van der Waals surface area contributed by atoms with Crippen LogP contribution in [0.5, 0.6) is 0 Å². The molecule has 2 N–H and O–H groups in total. The third-order valence-corrected chi connectivity index (χ3v) is 4.55. The molecule has 0 radical (unpaired) electrons. The minimum atomic E-state index is -0.984. The second-order valence-electron chi connectivity index (χ2n) is 6.38. The van der Waals surface area contributed by atoms with Crippen molar-refractivity contribution in [3.8, 4) is 0 Å². The van der Waals surface area contributed by atoms with Crippen molar-refractivity contribution in [1.82, 2.24) is 10.2 Å². The Kier molecular flexibility index (Phi) is 5.06. The van der Waals surface area contributed by atoms with E-state index in [9.17, 15) is 14.4 Å². The highest BCUT2D eigenvalue weighted by Crippen LogP contribution is 2.25. The van der Waals surface area contributed by atoms with Crippen molar-refractivity contribution in [2.75, 3.05) is 6.54 Å². The molecule has 0 aliphatic carbocycles. The molecule has 2 aromatic rings. The minimum Gasteiger partial charge on any atom is -0.481 e. The third-order valence-electron chi connectivity index (χ3n) is 4.55. The van der Waals surface area contributed by atoms with E-state index in [1.807, 2.05) is 24.3 Å². The summed E-state index contributed by atoms with van der Waals surface area (Å²) in [4.78, 5) is 37.9. The number of nitrogens with zero attached hydrogens (tertiary/aromatic N) is 1. The lowest BCUT2D eigenvalue weighted by Crippen LogP contribution is -2.53. The zero-order valence-electron chi connectivity index (χ0n) is 14.3. The molecule has 0 bridgehead atoms. The molecule has 26 heavy (non-hydrogen) atoms. The molecule has 1 aromatic carbocycles. The molecule has 136 valence electrons. The lowest BCUT2D eigenvalue weighted by Gasteiger charge is -2.35. The first-order chi connectivity index (χ1) is 12.5. The molecule has 3 rings (SSSR count). The van der Waals surface area contributed by atoms with Crippen LogP contribution < -0.4 is 5.32 Å². The van der Waals surface area contributed by atoms with Gasteiger partial charge in [-0.15, -0.1) is 0 Å². The van der Waals surface area contributed by atoms with Crippen LogP contribution in [0.15, 0.2) is 47.1 Å². The molecule has 0 saturated heterocycles. The van der Waals surface area contributed by atoms with Crippen LogP contribution in [0.25, 0.3) is 0 Å². The first kappa shape index (κ1) is 17.7. The average molecular weight is 356 g/mol. The summed E-state index contributed by atoms with van der Waals surface area (Å²) in [6, 6.07) is 10.1. The first-order valence-corrected chi connectivity index (χ1v) is 8.39. The molecular formula is C19H20N2O5. The number of amides is 2. The Balaban J connectivity index is 1.83. The van der Waals surface area contributed by atoms with Gasteiger partial charge in [0, 0.05) is 19.5 Å². The number of fused-ring (bicyclic) bond motifs is 1. The Morgan fingerprint density at radius 2 is 1.96 bits per heavy atom. The second-order valence-corrected chi connectivity index (χ2v) is 6.38. The highest BCUT2D eigenvalue weighted by molar-refractivity contribution is 5.96. The fourth-order valence-electron chi connectivity index (χ4n) is 2.97. The average Bonchev–Trinajstić information content (AvgIpc) is 3.18. The van der Waals surface area contributed by atoms with Crippen molar-refractivity contribution < 1.29 is 23.9 Å². The molecule has 2 heterocycles. The number of hydrogen-bond donors (Lipinski definition) is 2. The maximum Gasteiger partial charge on any atom is 0.308 e. The summed E-state index contributed by atoms with van der Waals surface area (Å²) < 4.78 is 5.19. The Morgan fingerprint density at radius 1 is 1.23 bits per heavy atom. The molecule has 7 heteroatoms. The zero-order valence-corrected chi connectivity index (χ0v) is 14.3. The number of hydrogen-bond acceptors (Lipinski definition) is 4. The molecule has 2 atom stereocenters. The molecule has 1 aliphatic rings. The Labute approximate surface area is 150 Å². The van der Waals surface area contributed by atoms with Crippen LogP contribution in [0.3, 0.4) is 0 Å². The fraction of sp³-hybridized carbons (Fsp3) is 0.316. The number of carboxylic acids is 1. The van der Waals surface area contributed by atoms with E-state index in [-0.39, 0.29) is 24.1 Å². The molecule has 0 fully saturated rings. The van der Waals surface area contributed by atoms with E-state index in [1.54, 1.807) is 12.1 Å². The Morgan fingerprint density at radius 3 is 2.62 bits per heavy atom. The van der Waals surface area contributed by atoms with E-state index in [4.69, 9.17) is 9.52 Å². The maximum atomic E-state index is 12.8. The van der Waals surface area contributed by atoms with Gasteiger partial charge in [0.15, 0.2) is 5.76 Å². The quantitative estimate of drug-likeness (QED) is 0.849. The van der Waals surface area contributed by atoms with Crippen LogP contribution in [0.4, 0.5) is 0 Å². The van der Waals surface area contributed by atoms with Crippen LogP contribution >= 0.6 is 0 Å². The number of rotatable bonds is 5. The lowest BCUT2D eigenvalue weighted by atomic mass is 9.93. The number of benzene rings is 1. The van der Waals surface area contributed by atoms with Crippen LogP contribution in [-0.2, 0) is 22.6 Å². The molecular weight excluding hydrogens is 336 g/mol. The Bertz CT molecular complexity index is 815. The lowest BCUT2D eigenvalue weighted by molar-refractivity contribution is -0.141. The van der Waals surface area contributed by atoms with Gasteiger partial charge in [-0.2, -0.15) is 0 Å². The van der Waals surface area contributed by atoms with Crippen LogP contribution in [0, 0.1) is 5.92 Å². The van der Waals surface area contributed by atoms with Gasteiger partial charge in [-0.25, -0.2) is 0 Å². The van der Waals surface area contributed by atoms with Gasteiger partial charge in [0.2, 0.25) is 5.91 Å². The molecule has 2 amide bonds. The summed E-state index contributed by atoms with van der Waals surface area (Å²) >= 11 is 0. The minimum absolute atomic E-state index is 0.00902. The number of aliphatic carboxylic acids is 1. The van der Waals surface area contributed by atoms with Gasteiger partial charge < -0.3 is 19.7 Å². The molecule has 1 aliphatic heterocycles.